The maximum Gasteiger partial charge on any atom is 0.227 e. The van der Waals surface area contributed by atoms with Crippen molar-refractivity contribution in [1.82, 2.24) is 9.97 Å². The van der Waals surface area contributed by atoms with Gasteiger partial charge in [-0.3, -0.25) is 4.98 Å². The molecule has 2 aromatic carbocycles. The number of benzene rings is 2. The van der Waals surface area contributed by atoms with Crippen molar-refractivity contribution in [2.45, 2.75) is 13.8 Å². The average molecular weight is 324 g/mol. The molecule has 0 radical (unpaired) electrons. The molecule has 5 rings (SSSR count). The lowest BCUT2D eigenvalue weighted by molar-refractivity contribution is 0.653. The zero-order valence-electron chi connectivity index (χ0n) is 14.1. The van der Waals surface area contributed by atoms with Gasteiger partial charge < -0.3 is 4.42 Å². The van der Waals surface area contributed by atoms with Crippen LogP contribution in [0, 0.1) is 13.8 Å². The van der Waals surface area contributed by atoms with Gasteiger partial charge >= 0.3 is 0 Å². The second kappa shape index (κ2) is 5.15. The number of furan rings is 1. The number of hydrogen-bond acceptors (Lipinski definition) is 3. The van der Waals surface area contributed by atoms with E-state index in [9.17, 15) is 0 Å². The molecule has 0 N–H and O–H groups in total. The first-order valence-electron chi connectivity index (χ1n) is 8.35. The van der Waals surface area contributed by atoms with Crippen molar-refractivity contribution >= 4 is 32.8 Å². The average Bonchev–Trinajstić information content (AvgIpc) is 2.98. The summed E-state index contributed by atoms with van der Waals surface area (Å²) in [6.07, 6.45) is 1.92. The lowest BCUT2D eigenvalue weighted by atomic mass is 10.0. The van der Waals surface area contributed by atoms with Crippen LogP contribution in [0.4, 0.5) is 0 Å². The highest BCUT2D eigenvalue weighted by atomic mass is 16.3. The molecule has 0 bridgehead atoms. The van der Waals surface area contributed by atoms with Gasteiger partial charge in [0.05, 0.1) is 5.69 Å². The van der Waals surface area contributed by atoms with Gasteiger partial charge in [-0.1, -0.05) is 24.3 Å². The number of rotatable bonds is 1. The van der Waals surface area contributed by atoms with Crippen LogP contribution >= 0.6 is 0 Å². The molecule has 0 aliphatic rings. The fourth-order valence-corrected chi connectivity index (χ4v) is 3.42. The third-order valence-corrected chi connectivity index (χ3v) is 4.63. The topological polar surface area (TPSA) is 38.9 Å². The van der Waals surface area contributed by atoms with Crippen LogP contribution in [0.1, 0.15) is 11.3 Å². The summed E-state index contributed by atoms with van der Waals surface area (Å²) < 4.78 is 6.13. The molecule has 3 heteroatoms. The Balaban J connectivity index is 1.86. The minimum atomic E-state index is 0.683. The number of pyridine rings is 2. The summed E-state index contributed by atoms with van der Waals surface area (Å²) in [4.78, 5) is 9.22. The minimum absolute atomic E-state index is 0.683. The van der Waals surface area contributed by atoms with E-state index in [1.165, 1.54) is 10.9 Å². The third-order valence-electron chi connectivity index (χ3n) is 4.63. The summed E-state index contributed by atoms with van der Waals surface area (Å²) in [5.41, 5.74) is 5.60. The summed E-state index contributed by atoms with van der Waals surface area (Å²) in [5, 5.41) is 4.45. The number of aryl methyl sites for hydroxylation is 2. The van der Waals surface area contributed by atoms with Crippen LogP contribution in [-0.2, 0) is 0 Å². The van der Waals surface area contributed by atoms with Crippen molar-refractivity contribution in [3.63, 3.8) is 0 Å². The molecule has 0 spiro atoms. The Hall–Kier alpha value is -3.20. The first-order valence-corrected chi connectivity index (χ1v) is 8.35. The van der Waals surface area contributed by atoms with Crippen molar-refractivity contribution in [3.8, 4) is 11.3 Å². The van der Waals surface area contributed by atoms with E-state index in [0.717, 1.165) is 38.7 Å². The van der Waals surface area contributed by atoms with Crippen LogP contribution in [0.2, 0.25) is 0 Å². The molecule has 120 valence electrons. The van der Waals surface area contributed by atoms with Gasteiger partial charge in [0, 0.05) is 33.6 Å². The zero-order valence-corrected chi connectivity index (χ0v) is 14.1. The van der Waals surface area contributed by atoms with Gasteiger partial charge in [-0.15, -0.1) is 0 Å². The Morgan fingerprint density at radius 1 is 0.840 bits per heavy atom. The molecule has 0 aliphatic heterocycles. The van der Waals surface area contributed by atoms with Gasteiger partial charge in [-0.25, -0.2) is 4.98 Å². The molecule has 0 saturated carbocycles. The number of fused-ring (bicyclic) bond motifs is 4. The first-order chi connectivity index (χ1) is 12.2. The summed E-state index contributed by atoms with van der Waals surface area (Å²) >= 11 is 0. The smallest absolute Gasteiger partial charge is 0.227 e. The molecule has 0 saturated heterocycles. The van der Waals surface area contributed by atoms with E-state index in [1.807, 2.05) is 31.3 Å². The van der Waals surface area contributed by atoms with Crippen LogP contribution in [0.15, 0.2) is 65.2 Å². The minimum Gasteiger partial charge on any atom is -0.437 e. The van der Waals surface area contributed by atoms with Crippen LogP contribution in [0.3, 0.4) is 0 Å². The molecule has 3 nitrogen and oxygen atoms in total. The maximum atomic E-state index is 6.13. The number of aromatic nitrogens is 2. The summed E-state index contributed by atoms with van der Waals surface area (Å²) in [6.45, 7) is 4.08. The van der Waals surface area contributed by atoms with E-state index >= 15 is 0 Å². The monoisotopic (exact) mass is 324 g/mol. The van der Waals surface area contributed by atoms with Gasteiger partial charge in [0.25, 0.3) is 0 Å². The Morgan fingerprint density at radius 3 is 2.56 bits per heavy atom. The second-order valence-electron chi connectivity index (χ2n) is 6.51. The van der Waals surface area contributed by atoms with E-state index in [0.29, 0.717) is 5.71 Å². The molecule has 0 unspecified atom stereocenters. The Morgan fingerprint density at radius 2 is 1.68 bits per heavy atom. The molecule has 0 atom stereocenters. The molecule has 0 aliphatic carbocycles. The predicted octanol–water partition coefficient (Wildman–Crippen LogP) is 5.81. The van der Waals surface area contributed by atoms with Gasteiger partial charge in [0.2, 0.25) is 5.71 Å². The lowest BCUT2D eigenvalue weighted by Crippen LogP contribution is -1.86. The van der Waals surface area contributed by atoms with E-state index in [-0.39, 0.29) is 0 Å². The molecule has 3 heterocycles. The van der Waals surface area contributed by atoms with Gasteiger partial charge in [0.1, 0.15) is 5.58 Å². The largest absolute Gasteiger partial charge is 0.437 e. The van der Waals surface area contributed by atoms with E-state index in [4.69, 9.17) is 4.42 Å². The first kappa shape index (κ1) is 14.2. The normalized spacial score (nSPS) is 11.6. The summed E-state index contributed by atoms with van der Waals surface area (Å²) in [5.74, 6) is 0. The second-order valence-corrected chi connectivity index (χ2v) is 6.51. The van der Waals surface area contributed by atoms with Gasteiger partial charge in [-0.2, -0.15) is 0 Å². The lowest BCUT2D eigenvalue weighted by Gasteiger charge is -2.05. The Bertz CT molecular complexity index is 1270. The SMILES string of the molecule is Cc1cc(-c2cc3ccccc3cn2)c2oc3nc(C)ccc3c2c1. The molecular weight excluding hydrogens is 308 g/mol. The highest BCUT2D eigenvalue weighted by molar-refractivity contribution is 6.09. The van der Waals surface area contributed by atoms with Crippen molar-refractivity contribution in [2.75, 3.05) is 0 Å². The summed E-state index contributed by atoms with van der Waals surface area (Å²) in [7, 11) is 0. The van der Waals surface area contributed by atoms with Crippen LogP contribution in [-0.4, -0.2) is 9.97 Å². The van der Waals surface area contributed by atoms with Crippen molar-refractivity contribution in [1.29, 1.82) is 0 Å². The molecule has 0 amide bonds. The van der Waals surface area contributed by atoms with Crippen LogP contribution in [0.25, 0.3) is 44.1 Å². The van der Waals surface area contributed by atoms with Gasteiger partial charge in [-0.05, 0) is 55.1 Å². The zero-order chi connectivity index (χ0) is 17.0. The van der Waals surface area contributed by atoms with Crippen LogP contribution < -0.4 is 0 Å². The fraction of sp³-hybridized carbons (Fsp3) is 0.0909. The predicted molar refractivity (Wildman–Crippen MR) is 102 cm³/mol. The summed E-state index contributed by atoms with van der Waals surface area (Å²) in [6, 6.07) is 18.8. The van der Waals surface area contributed by atoms with E-state index in [2.05, 4.69) is 53.3 Å². The maximum absolute atomic E-state index is 6.13. The Labute approximate surface area is 144 Å². The van der Waals surface area contributed by atoms with E-state index < -0.39 is 0 Å². The molecule has 25 heavy (non-hydrogen) atoms. The highest BCUT2D eigenvalue weighted by Crippen LogP contribution is 2.36. The number of nitrogens with zero attached hydrogens (tertiary/aromatic N) is 2. The van der Waals surface area contributed by atoms with Crippen molar-refractivity contribution < 1.29 is 4.42 Å². The van der Waals surface area contributed by atoms with Crippen molar-refractivity contribution in [2.24, 2.45) is 0 Å². The standard InChI is InChI=1S/C22H16N2O/c1-13-9-18-17-8-7-14(2)24-22(17)25-21(18)19(10-13)20-11-15-5-3-4-6-16(15)12-23-20/h3-12H,1-2H3. The highest BCUT2D eigenvalue weighted by Gasteiger charge is 2.15. The number of hydrogen-bond donors (Lipinski definition) is 0. The molecular formula is C22H16N2O. The molecule has 0 fully saturated rings. The fourth-order valence-electron chi connectivity index (χ4n) is 3.42. The quantitative estimate of drug-likeness (QED) is 0.390. The van der Waals surface area contributed by atoms with Crippen molar-refractivity contribution in [3.05, 3.63) is 72.1 Å². The Kier molecular flexibility index (Phi) is 2.92. The van der Waals surface area contributed by atoms with Crippen LogP contribution in [0.5, 0.6) is 0 Å². The van der Waals surface area contributed by atoms with Gasteiger partial charge in [0.15, 0.2) is 0 Å². The molecule has 3 aromatic heterocycles. The molecule has 5 aromatic rings. The van der Waals surface area contributed by atoms with E-state index in [1.54, 1.807) is 0 Å². The third kappa shape index (κ3) is 2.20.